The minimum atomic E-state index is -0.169. The number of nitrogens with one attached hydrogen (secondary N) is 1. The van der Waals surface area contributed by atoms with Gasteiger partial charge in [0.05, 0.1) is 6.54 Å². The quantitative estimate of drug-likeness (QED) is 0.691. The van der Waals surface area contributed by atoms with E-state index in [0.29, 0.717) is 5.92 Å². The first-order chi connectivity index (χ1) is 11.7. The molecule has 0 saturated carbocycles. The van der Waals surface area contributed by atoms with E-state index < -0.39 is 0 Å². The van der Waals surface area contributed by atoms with Gasteiger partial charge in [-0.15, -0.1) is 0 Å². The molecule has 1 unspecified atom stereocenters. The van der Waals surface area contributed by atoms with Gasteiger partial charge in [-0.3, -0.25) is 4.99 Å². The average molecular weight is 328 g/mol. The number of hydrogen-bond donors (Lipinski definition) is 1. The highest BCUT2D eigenvalue weighted by Crippen LogP contribution is 2.21. The lowest BCUT2D eigenvalue weighted by Crippen LogP contribution is -2.40. The number of halogens is 1. The Bertz CT molecular complexity index is 690. The first-order valence-corrected chi connectivity index (χ1v) is 8.46. The lowest BCUT2D eigenvalue weighted by Gasteiger charge is -2.22. The molecule has 24 heavy (non-hydrogen) atoms. The number of nitrogens with zero attached hydrogens (tertiary/aromatic N) is 3. The second-order valence-electron chi connectivity index (χ2n) is 6.44. The van der Waals surface area contributed by atoms with Crippen molar-refractivity contribution in [2.24, 2.45) is 18.0 Å². The van der Waals surface area contributed by atoms with Gasteiger partial charge < -0.3 is 14.8 Å². The number of aliphatic imine (C=N–C) groups is 1. The average Bonchev–Trinajstić information content (AvgIpc) is 3.20. The summed E-state index contributed by atoms with van der Waals surface area (Å²) in [5.41, 5.74) is 2.44. The van der Waals surface area contributed by atoms with Gasteiger partial charge in [-0.1, -0.05) is 12.1 Å². The third-order valence-corrected chi connectivity index (χ3v) is 4.71. The Labute approximate surface area is 143 Å². The van der Waals surface area contributed by atoms with Crippen LogP contribution in [0.2, 0.25) is 0 Å². The summed E-state index contributed by atoms with van der Waals surface area (Å²) in [4.78, 5) is 6.74. The van der Waals surface area contributed by atoms with Crippen LogP contribution in [0, 0.1) is 11.7 Å². The Morgan fingerprint density at radius 3 is 2.75 bits per heavy atom. The van der Waals surface area contributed by atoms with Crippen molar-refractivity contribution in [3.05, 3.63) is 59.7 Å². The second kappa shape index (κ2) is 7.51. The van der Waals surface area contributed by atoms with E-state index in [9.17, 15) is 4.39 Å². The first-order valence-electron chi connectivity index (χ1n) is 8.46. The number of hydrogen-bond acceptors (Lipinski definition) is 1. The molecule has 0 amide bonds. The summed E-state index contributed by atoms with van der Waals surface area (Å²) in [6, 6.07) is 11.0. The van der Waals surface area contributed by atoms with E-state index in [1.54, 1.807) is 12.1 Å². The molecule has 1 atom stereocenters. The van der Waals surface area contributed by atoms with Crippen molar-refractivity contribution in [1.82, 2.24) is 14.8 Å². The summed E-state index contributed by atoms with van der Waals surface area (Å²) in [5, 5.41) is 3.45. The van der Waals surface area contributed by atoms with Crippen LogP contribution in [-0.2, 0) is 20.0 Å². The molecule has 1 aromatic carbocycles. The monoisotopic (exact) mass is 328 g/mol. The zero-order valence-electron chi connectivity index (χ0n) is 14.4. The van der Waals surface area contributed by atoms with E-state index in [2.05, 4.69) is 25.8 Å². The van der Waals surface area contributed by atoms with Gasteiger partial charge in [0.15, 0.2) is 5.96 Å². The second-order valence-corrected chi connectivity index (χ2v) is 6.44. The normalized spacial score (nSPS) is 18.2. The van der Waals surface area contributed by atoms with Crippen LogP contribution in [0.15, 0.2) is 47.6 Å². The van der Waals surface area contributed by atoms with Crippen LogP contribution in [0.25, 0.3) is 0 Å². The fraction of sp³-hybridized carbons (Fsp3) is 0.421. The van der Waals surface area contributed by atoms with Crippen LogP contribution < -0.4 is 5.32 Å². The third-order valence-electron chi connectivity index (χ3n) is 4.71. The molecule has 1 N–H and O–H groups in total. The molecule has 5 heteroatoms. The molecule has 2 aromatic rings. The van der Waals surface area contributed by atoms with Crippen molar-refractivity contribution < 1.29 is 4.39 Å². The molecule has 1 aliphatic rings. The molecule has 128 valence electrons. The molecular weight excluding hydrogens is 303 g/mol. The Morgan fingerprint density at radius 1 is 1.29 bits per heavy atom. The molecule has 0 aliphatic carbocycles. The third kappa shape index (κ3) is 3.96. The van der Waals surface area contributed by atoms with Gasteiger partial charge in [0.1, 0.15) is 5.82 Å². The fourth-order valence-corrected chi connectivity index (χ4v) is 3.33. The summed E-state index contributed by atoms with van der Waals surface area (Å²) in [6.45, 7) is 2.78. The van der Waals surface area contributed by atoms with E-state index in [4.69, 9.17) is 0 Å². The van der Waals surface area contributed by atoms with E-state index in [1.807, 2.05) is 38.5 Å². The summed E-state index contributed by atoms with van der Waals surface area (Å²) >= 11 is 0. The summed E-state index contributed by atoms with van der Waals surface area (Å²) in [5.74, 6) is 1.37. The fourth-order valence-electron chi connectivity index (χ4n) is 3.33. The molecule has 1 saturated heterocycles. The highest BCUT2D eigenvalue weighted by Gasteiger charge is 2.25. The Balaban J connectivity index is 1.53. The molecule has 0 bridgehead atoms. The van der Waals surface area contributed by atoms with Gasteiger partial charge in [-0.25, -0.2) is 4.39 Å². The topological polar surface area (TPSA) is 32.6 Å². The lowest BCUT2D eigenvalue weighted by molar-refractivity contribution is 0.458. The maximum absolute atomic E-state index is 13.0. The zero-order chi connectivity index (χ0) is 16.9. The van der Waals surface area contributed by atoms with Crippen molar-refractivity contribution in [3.8, 4) is 0 Å². The number of rotatable bonds is 4. The smallest absolute Gasteiger partial charge is 0.193 e. The number of guanidine groups is 1. The number of aromatic nitrogens is 1. The van der Waals surface area contributed by atoms with Crippen molar-refractivity contribution in [2.45, 2.75) is 19.4 Å². The minimum absolute atomic E-state index is 0.169. The molecule has 1 aliphatic heterocycles. The van der Waals surface area contributed by atoms with Crippen LogP contribution in [0.3, 0.4) is 0 Å². The van der Waals surface area contributed by atoms with Crippen LogP contribution >= 0.6 is 0 Å². The van der Waals surface area contributed by atoms with Gasteiger partial charge in [0.25, 0.3) is 0 Å². The van der Waals surface area contributed by atoms with Crippen LogP contribution in [0.4, 0.5) is 4.39 Å². The summed E-state index contributed by atoms with van der Waals surface area (Å²) in [7, 11) is 3.88. The molecule has 1 fully saturated rings. The highest BCUT2D eigenvalue weighted by molar-refractivity contribution is 5.80. The lowest BCUT2D eigenvalue weighted by atomic mass is 9.99. The first kappa shape index (κ1) is 16.6. The Kier molecular flexibility index (Phi) is 5.18. The largest absolute Gasteiger partial charge is 0.353 e. The van der Waals surface area contributed by atoms with E-state index >= 15 is 0 Å². The van der Waals surface area contributed by atoms with Gasteiger partial charge >= 0.3 is 0 Å². The number of benzene rings is 1. The van der Waals surface area contributed by atoms with Crippen molar-refractivity contribution in [2.75, 3.05) is 20.1 Å². The molecular formula is C19H25FN4. The molecule has 0 radical (unpaired) electrons. The molecule has 4 nitrogen and oxygen atoms in total. The highest BCUT2D eigenvalue weighted by atomic mass is 19.1. The van der Waals surface area contributed by atoms with Crippen LogP contribution in [0.1, 0.15) is 17.7 Å². The molecule has 3 rings (SSSR count). The Hall–Kier alpha value is -2.30. The zero-order valence-corrected chi connectivity index (χ0v) is 14.4. The Morgan fingerprint density at radius 2 is 2.08 bits per heavy atom. The molecule has 0 spiro atoms. The minimum Gasteiger partial charge on any atom is -0.353 e. The van der Waals surface area contributed by atoms with E-state index in [1.165, 1.54) is 11.3 Å². The predicted molar refractivity (Wildman–Crippen MR) is 95.4 cm³/mol. The van der Waals surface area contributed by atoms with Crippen molar-refractivity contribution in [1.29, 1.82) is 0 Å². The van der Waals surface area contributed by atoms with Gasteiger partial charge in [-0.2, -0.15) is 0 Å². The molecule has 1 aromatic heterocycles. The number of aryl methyl sites for hydroxylation is 1. The summed E-state index contributed by atoms with van der Waals surface area (Å²) < 4.78 is 15.1. The van der Waals surface area contributed by atoms with Gasteiger partial charge in [0.2, 0.25) is 0 Å². The number of likely N-dealkylation sites (tertiary alicyclic amines) is 1. The predicted octanol–water partition coefficient (Wildman–Crippen LogP) is 2.80. The van der Waals surface area contributed by atoms with Crippen LogP contribution in [-0.4, -0.2) is 35.6 Å². The van der Waals surface area contributed by atoms with Crippen molar-refractivity contribution >= 4 is 5.96 Å². The van der Waals surface area contributed by atoms with Crippen molar-refractivity contribution in [3.63, 3.8) is 0 Å². The summed E-state index contributed by atoms with van der Waals surface area (Å²) in [6.07, 6.45) is 4.18. The van der Waals surface area contributed by atoms with E-state index in [0.717, 1.165) is 38.4 Å². The van der Waals surface area contributed by atoms with E-state index in [-0.39, 0.29) is 5.82 Å². The maximum Gasteiger partial charge on any atom is 0.193 e. The SMILES string of the molecule is CN=C(NCc1cccn1C)N1CCC(Cc2ccc(F)cc2)C1. The van der Waals surface area contributed by atoms with Crippen LogP contribution in [0.5, 0.6) is 0 Å². The van der Waals surface area contributed by atoms with Gasteiger partial charge in [-0.05, 0) is 48.6 Å². The standard InChI is InChI=1S/C19H25FN4/c1-21-19(22-13-18-4-3-10-23(18)2)24-11-9-16(14-24)12-15-5-7-17(20)8-6-15/h3-8,10,16H,9,11-14H2,1-2H3,(H,21,22). The van der Waals surface area contributed by atoms with Gasteiger partial charge in [0, 0.05) is 39.1 Å². The maximum atomic E-state index is 13.0. The molecule has 2 heterocycles.